The third-order valence-corrected chi connectivity index (χ3v) is 6.41. The van der Waals surface area contributed by atoms with E-state index in [1.54, 1.807) is 29.4 Å². The average molecular weight is 439 g/mol. The van der Waals surface area contributed by atoms with Gasteiger partial charge in [-0.05, 0) is 43.9 Å². The van der Waals surface area contributed by atoms with Crippen LogP contribution in [0.3, 0.4) is 0 Å². The van der Waals surface area contributed by atoms with Crippen LogP contribution in [-0.2, 0) is 4.79 Å². The fourth-order valence-electron chi connectivity index (χ4n) is 4.63. The highest BCUT2D eigenvalue weighted by Gasteiger charge is 2.38. The van der Waals surface area contributed by atoms with Crippen LogP contribution >= 0.6 is 11.6 Å². The van der Waals surface area contributed by atoms with Gasteiger partial charge in [0.05, 0.1) is 34.8 Å². The quantitative estimate of drug-likeness (QED) is 0.633. The highest BCUT2D eigenvalue weighted by atomic mass is 35.5. The van der Waals surface area contributed by atoms with E-state index >= 15 is 0 Å². The molecule has 2 saturated heterocycles. The van der Waals surface area contributed by atoms with Gasteiger partial charge in [-0.2, -0.15) is 0 Å². The highest BCUT2D eigenvalue weighted by Crippen LogP contribution is 2.34. The average Bonchev–Trinajstić information content (AvgIpc) is 3.45. The van der Waals surface area contributed by atoms with Crippen LogP contribution in [0.2, 0.25) is 5.15 Å². The lowest BCUT2D eigenvalue weighted by atomic mass is 9.95. The number of carbonyl (C=O) groups excluding carboxylic acids is 2. The summed E-state index contributed by atoms with van der Waals surface area (Å²) in [7, 11) is 0. The number of nitrogens with zero attached hydrogens (tertiary/aromatic N) is 5. The van der Waals surface area contributed by atoms with Crippen molar-refractivity contribution < 1.29 is 9.59 Å². The van der Waals surface area contributed by atoms with E-state index in [9.17, 15) is 9.59 Å². The molecule has 1 N–H and O–H groups in total. The Morgan fingerprint density at radius 3 is 2.77 bits per heavy atom. The molecule has 5 rings (SSSR count). The second kappa shape index (κ2) is 8.26. The van der Waals surface area contributed by atoms with Crippen LogP contribution in [0.25, 0.3) is 11.0 Å². The molecule has 2 atom stereocenters. The molecule has 0 radical (unpaired) electrons. The predicted molar refractivity (Wildman–Crippen MR) is 115 cm³/mol. The molecule has 2 unspecified atom stereocenters. The maximum absolute atomic E-state index is 13.5. The van der Waals surface area contributed by atoms with Crippen LogP contribution < -0.4 is 0 Å². The van der Waals surface area contributed by atoms with Crippen LogP contribution in [0, 0.1) is 5.92 Å². The minimum absolute atomic E-state index is 0.0635. The monoisotopic (exact) mass is 438 g/mol. The number of hydrogen-bond acceptors (Lipinski definition) is 5. The summed E-state index contributed by atoms with van der Waals surface area (Å²) < 4.78 is 0. The smallest absolute Gasteiger partial charge is 0.255 e. The number of halogens is 1. The SMILES string of the molecule is O=C(c1ccc(Cl)nc1)N1CCCC(C(=O)N2CCCC2c2nc3ccncc3[nH]2)C1. The first-order valence-electron chi connectivity index (χ1n) is 10.6. The largest absolute Gasteiger partial charge is 0.339 e. The fourth-order valence-corrected chi connectivity index (χ4v) is 4.74. The lowest BCUT2D eigenvalue weighted by molar-refractivity contribution is -0.138. The molecule has 0 aliphatic carbocycles. The number of amides is 2. The summed E-state index contributed by atoms with van der Waals surface area (Å²) in [5, 5.41) is 0.352. The molecule has 9 heteroatoms. The van der Waals surface area contributed by atoms with Gasteiger partial charge in [0.2, 0.25) is 5.91 Å². The van der Waals surface area contributed by atoms with Crippen molar-refractivity contribution in [2.75, 3.05) is 19.6 Å². The van der Waals surface area contributed by atoms with Crippen molar-refractivity contribution in [3.8, 4) is 0 Å². The van der Waals surface area contributed by atoms with Gasteiger partial charge in [-0.1, -0.05) is 11.6 Å². The number of nitrogens with one attached hydrogen (secondary N) is 1. The predicted octanol–water partition coefficient (Wildman–Crippen LogP) is 3.22. The third kappa shape index (κ3) is 3.87. The van der Waals surface area contributed by atoms with E-state index in [2.05, 4.69) is 15.0 Å². The Bertz CT molecular complexity index is 1080. The molecule has 2 fully saturated rings. The molecule has 0 aromatic carbocycles. The minimum Gasteiger partial charge on any atom is -0.339 e. The number of pyridine rings is 2. The standard InChI is InChI=1S/C22H23ClN6O2/c23-19-6-5-14(11-25-19)21(30)28-9-1-3-15(13-28)22(31)29-10-2-4-18(29)20-26-16-7-8-24-12-17(16)27-20/h5-8,11-12,15,18H,1-4,9-10,13H2,(H,26,27). The molecular formula is C22H23ClN6O2. The molecular weight excluding hydrogens is 416 g/mol. The Kier molecular flexibility index (Phi) is 5.31. The van der Waals surface area contributed by atoms with Crippen molar-refractivity contribution in [1.82, 2.24) is 29.7 Å². The van der Waals surface area contributed by atoms with Crippen LogP contribution in [0.4, 0.5) is 0 Å². The van der Waals surface area contributed by atoms with Crippen LogP contribution in [-0.4, -0.2) is 61.2 Å². The maximum atomic E-state index is 13.5. The van der Waals surface area contributed by atoms with E-state index in [4.69, 9.17) is 16.6 Å². The maximum Gasteiger partial charge on any atom is 0.255 e. The van der Waals surface area contributed by atoms with Crippen molar-refractivity contribution in [3.63, 3.8) is 0 Å². The topological polar surface area (TPSA) is 95.1 Å². The molecule has 2 aliphatic heterocycles. The number of likely N-dealkylation sites (tertiary alicyclic amines) is 2. The van der Waals surface area contributed by atoms with Gasteiger partial charge in [-0.25, -0.2) is 9.97 Å². The van der Waals surface area contributed by atoms with Gasteiger partial charge in [0.25, 0.3) is 5.91 Å². The molecule has 3 aromatic rings. The molecule has 5 heterocycles. The summed E-state index contributed by atoms with van der Waals surface area (Å²) in [6.45, 7) is 1.78. The van der Waals surface area contributed by atoms with Crippen molar-refractivity contribution >= 4 is 34.4 Å². The van der Waals surface area contributed by atoms with Gasteiger partial charge >= 0.3 is 0 Å². The van der Waals surface area contributed by atoms with Gasteiger partial charge < -0.3 is 14.8 Å². The molecule has 0 bridgehead atoms. The molecule has 2 aliphatic rings. The van der Waals surface area contributed by atoms with Gasteiger partial charge in [-0.3, -0.25) is 14.6 Å². The third-order valence-electron chi connectivity index (χ3n) is 6.19. The van der Waals surface area contributed by atoms with Gasteiger partial charge in [0.15, 0.2) is 0 Å². The van der Waals surface area contributed by atoms with Gasteiger partial charge in [-0.15, -0.1) is 0 Å². The Labute approximate surface area is 184 Å². The van der Waals surface area contributed by atoms with E-state index in [0.29, 0.717) is 30.4 Å². The van der Waals surface area contributed by atoms with Gasteiger partial charge in [0.1, 0.15) is 11.0 Å². The first kappa shape index (κ1) is 19.9. The zero-order valence-electron chi connectivity index (χ0n) is 17.0. The summed E-state index contributed by atoms with van der Waals surface area (Å²) in [5.41, 5.74) is 2.23. The number of aromatic amines is 1. The Morgan fingerprint density at radius 1 is 1.10 bits per heavy atom. The van der Waals surface area contributed by atoms with Crippen molar-refractivity contribution in [1.29, 1.82) is 0 Å². The van der Waals surface area contributed by atoms with Crippen LogP contribution in [0.1, 0.15) is 47.9 Å². The summed E-state index contributed by atoms with van der Waals surface area (Å²) in [6.07, 6.45) is 8.37. The molecule has 3 aromatic heterocycles. The number of H-pyrrole nitrogens is 1. The lowest BCUT2D eigenvalue weighted by Gasteiger charge is -2.35. The Hall–Kier alpha value is -3.00. The zero-order chi connectivity index (χ0) is 21.4. The second-order valence-corrected chi connectivity index (χ2v) is 8.55. The number of carbonyl (C=O) groups is 2. The van der Waals surface area contributed by atoms with Crippen LogP contribution in [0.5, 0.6) is 0 Å². The summed E-state index contributed by atoms with van der Waals surface area (Å²) in [5.74, 6) is 0.603. The normalized spacial score (nSPS) is 21.6. The molecule has 8 nitrogen and oxygen atoms in total. The van der Waals surface area contributed by atoms with Crippen molar-refractivity contribution in [2.45, 2.75) is 31.7 Å². The molecule has 0 saturated carbocycles. The minimum atomic E-state index is -0.204. The summed E-state index contributed by atoms with van der Waals surface area (Å²) in [6, 6.07) is 5.09. The van der Waals surface area contributed by atoms with E-state index in [1.165, 1.54) is 6.20 Å². The Balaban J connectivity index is 1.31. The van der Waals surface area contributed by atoms with Crippen molar-refractivity contribution in [2.24, 2.45) is 5.92 Å². The number of hydrogen-bond donors (Lipinski definition) is 1. The first-order chi connectivity index (χ1) is 15.1. The molecule has 31 heavy (non-hydrogen) atoms. The second-order valence-electron chi connectivity index (χ2n) is 8.16. The van der Waals surface area contributed by atoms with E-state index in [0.717, 1.165) is 42.5 Å². The number of aromatic nitrogens is 4. The zero-order valence-corrected chi connectivity index (χ0v) is 17.8. The van der Waals surface area contributed by atoms with Crippen molar-refractivity contribution in [3.05, 3.63) is 53.3 Å². The summed E-state index contributed by atoms with van der Waals surface area (Å²) >= 11 is 5.83. The first-order valence-corrected chi connectivity index (χ1v) is 11.0. The molecule has 160 valence electrons. The molecule has 0 spiro atoms. The van der Waals surface area contributed by atoms with Crippen LogP contribution in [0.15, 0.2) is 36.8 Å². The van der Waals surface area contributed by atoms with E-state index < -0.39 is 0 Å². The van der Waals surface area contributed by atoms with E-state index in [1.807, 2.05) is 11.0 Å². The molecule has 2 amide bonds. The van der Waals surface area contributed by atoms with E-state index in [-0.39, 0.29) is 23.8 Å². The number of fused-ring (bicyclic) bond motifs is 1. The number of rotatable bonds is 3. The Morgan fingerprint density at radius 2 is 1.97 bits per heavy atom. The lowest BCUT2D eigenvalue weighted by Crippen LogP contribution is -2.46. The number of imidazole rings is 1. The fraction of sp³-hybridized carbons (Fsp3) is 0.409. The van der Waals surface area contributed by atoms with Gasteiger partial charge in [0, 0.05) is 32.0 Å². The number of piperidine rings is 1. The highest BCUT2D eigenvalue weighted by molar-refractivity contribution is 6.29. The summed E-state index contributed by atoms with van der Waals surface area (Å²) in [4.78, 5) is 46.2.